The van der Waals surface area contributed by atoms with E-state index in [-0.39, 0.29) is 6.16 Å². The Kier molecular flexibility index (Phi) is 11.8. The monoisotopic (exact) mass is 520 g/mol. The lowest BCUT2D eigenvalue weighted by atomic mass is 10.0. The topological polar surface area (TPSA) is 51.2 Å². The highest BCUT2D eigenvalue weighted by Gasteiger charge is 2.41. The van der Waals surface area contributed by atoms with Crippen LogP contribution in [0.15, 0.2) is 30.3 Å². The Bertz CT molecular complexity index is 969. The number of hydrogen-bond donors (Lipinski definition) is 0. The zero-order chi connectivity index (χ0) is 24.5. The number of carbonyl (C=O) groups excluding carboxylic acids is 2. The van der Waals surface area contributed by atoms with Crippen LogP contribution in [0.5, 0.6) is 0 Å². The maximum atomic E-state index is 13.9. The molecule has 0 bridgehead atoms. The van der Waals surface area contributed by atoms with Gasteiger partial charge < -0.3 is 4.57 Å². The van der Waals surface area contributed by atoms with Gasteiger partial charge in [0, 0.05) is 22.6 Å². The van der Waals surface area contributed by atoms with Crippen molar-refractivity contribution in [3.05, 3.63) is 69.3 Å². The fourth-order valence-corrected chi connectivity index (χ4v) is 7.02. The number of halogens is 1. The Morgan fingerprint density at radius 1 is 0.781 bits per heavy atom. The molecule has 0 radical (unpaired) electrons. The van der Waals surface area contributed by atoms with E-state index >= 15 is 0 Å². The summed E-state index contributed by atoms with van der Waals surface area (Å²) in [6.45, 7) is 13.6. The number of hydrogen-bond acceptors (Lipinski definition) is 3. The molecule has 0 spiro atoms. The minimum absolute atomic E-state index is 0.126. The van der Waals surface area contributed by atoms with Gasteiger partial charge in [0.05, 0.1) is 0 Å². The van der Waals surface area contributed by atoms with Crippen molar-refractivity contribution in [1.82, 2.24) is 0 Å². The minimum atomic E-state index is -3.75. The first-order chi connectivity index (χ1) is 15.0. The largest absolute Gasteiger partial charge is 0.307 e. The average molecular weight is 521 g/mol. The van der Waals surface area contributed by atoms with Crippen LogP contribution in [-0.4, -0.2) is 22.5 Å². The summed E-state index contributed by atoms with van der Waals surface area (Å²) in [7, 11) is -3.75. The molecule has 0 aliphatic carbocycles. The normalized spacial score (nSPS) is 12.5. The lowest BCUT2D eigenvalue weighted by Crippen LogP contribution is -2.16. The lowest BCUT2D eigenvalue weighted by Gasteiger charge is -2.20. The van der Waals surface area contributed by atoms with Crippen molar-refractivity contribution in [2.75, 3.05) is 11.5 Å². The predicted molar refractivity (Wildman–Crippen MR) is 141 cm³/mol. The molecule has 0 saturated heterocycles. The number of benzene rings is 2. The molecule has 1 atom stereocenters. The fraction of sp³-hybridized carbons (Fsp3) is 0.481. The maximum absolute atomic E-state index is 13.9. The third-order valence-corrected chi connectivity index (χ3v) is 8.76. The highest BCUT2D eigenvalue weighted by Crippen LogP contribution is 2.53. The average Bonchev–Trinajstić information content (AvgIpc) is 2.71. The Labute approximate surface area is 202 Å². The second-order valence-corrected chi connectivity index (χ2v) is 12.1. The first-order valence-electron chi connectivity index (χ1n) is 11.4. The fourth-order valence-electron chi connectivity index (χ4n) is 3.76. The second kappa shape index (κ2) is 13.3. The summed E-state index contributed by atoms with van der Waals surface area (Å²) in [5.41, 5.74) is 4.25. The molecule has 2 rings (SSSR count). The van der Waals surface area contributed by atoms with Gasteiger partial charge in [0.2, 0.25) is 18.2 Å². The zero-order valence-corrected chi connectivity index (χ0v) is 23.2. The molecule has 1 unspecified atom stereocenters. The van der Waals surface area contributed by atoms with E-state index in [2.05, 4.69) is 22.9 Å². The molecule has 176 valence electrons. The van der Waals surface area contributed by atoms with Crippen LogP contribution in [-0.2, 0) is 4.57 Å². The molecule has 0 saturated carbocycles. The molecule has 5 heteroatoms. The van der Waals surface area contributed by atoms with Gasteiger partial charge >= 0.3 is 0 Å². The van der Waals surface area contributed by atoms with Crippen molar-refractivity contribution in [2.24, 2.45) is 0 Å². The van der Waals surface area contributed by atoms with E-state index < -0.39 is 18.2 Å². The molecule has 0 aromatic heterocycles. The van der Waals surface area contributed by atoms with E-state index in [1.807, 2.05) is 65.8 Å². The first kappa shape index (κ1) is 28.5. The van der Waals surface area contributed by atoms with E-state index in [0.29, 0.717) is 17.5 Å². The van der Waals surface area contributed by atoms with Crippen LogP contribution in [0.3, 0.4) is 0 Å². The Hall–Kier alpha value is -1.51. The summed E-state index contributed by atoms with van der Waals surface area (Å²) in [5, 5.41) is 1.16. The smallest absolute Gasteiger partial charge is 0.229 e. The molecule has 0 heterocycles. The molecule has 0 fully saturated rings. The van der Waals surface area contributed by atoms with Crippen molar-refractivity contribution in [3.63, 3.8) is 0 Å². The van der Waals surface area contributed by atoms with Gasteiger partial charge in [-0.05, 0) is 64.2 Å². The van der Waals surface area contributed by atoms with Gasteiger partial charge in [-0.25, -0.2) is 0 Å². The molecule has 2 aromatic carbocycles. The zero-order valence-electron chi connectivity index (χ0n) is 20.7. The van der Waals surface area contributed by atoms with Gasteiger partial charge in [-0.15, -0.1) is 0 Å². The Morgan fingerprint density at radius 2 is 1.31 bits per heavy atom. The molecule has 0 amide bonds. The second-order valence-electron chi connectivity index (χ2n) is 8.56. The van der Waals surface area contributed by atoms with E-state index in [9.17, 15) is 14.2 Å². The van der Waals surface area contributed by atoms with E-state index in [0.717, 1.165) is 39.6 Å². The van der Waals surface area contributed by atoms with Crippen LogP contribution < -0.4 is 0 Å². The summed E-state index contributed by atoms with van der Waals surface area (Å²) < 4.78 is 13.9. The summed E-state index contributed by atoms with van der Waals surface area (Å²) in [6.07, 6.45) is 4.10. The van der Waals surface area contributed by atoms with E-state index in [4.69, 9.17) is 0 Å². The third-order valence-electron chi connectivity index (χ3n) is 5.47. The van der Waals surface area contributed by atoms with Crippen LogP contribution in [0.2, 0.25) is 0 Å². The van der Waals surface area contributed by atoms with E-state index in [1.54, 1.807) is 6.07 Å². The summed E-state index contributed by atoms with van der Waals surface area (Å²) >= 11 is 3.31. The Morgan fingerprint density at radius 3 is 1.75 bits per heavy atom. The summed E-state index contributed by atoms with van der Waals surface area (Å²) in [5.74, 6) is 0. The molecule has 32 heavy (non-hydrogen) atoms. The van der Waals surface area contributed by atoms with E-state index in [1.165, 1.54) is 12.8 Å². The standard InChI is InChI=1S/C23H29O3P.C4H9Br/c1-7-8-11-27(26,22(24)20-10-9-15(2)12-17(20)4)23(25)21-18(5)13-16(3)14-19(21)6;1-2-3-4-5/h9-10,12-14H,7-8,11H2,1-6H3;2-4H2,1H3. The highest BCUT2D eigenvalue weighted by molar-refractivity contribution is 9.09. The van der Waals surface area contributed by atoms with Gasteiger partial charge in [0.25, 0.3) is 0 Å². The number of rotatable bonds is 9. The molecule has 0 aliphatic rings. The number of aryl methyl sites for hydroxylation is 5. The van der Waals surface area contributed by atoms with Gasteiger partial charge in [0.1, 0.15) is 0 Å². The lowest BCUT2D eigenvalue weighted by molar-refractivity contribution is 0.103. The third kappa shape index (κ3) is 7.25. The van der Waals surface area contributed by atoms with Gasteiger partial charge in [-0.2, -0.15) is 0 Å². The van der Waals surface area contributed by atoms with Crippen molar-refractivity contribution in [3.8, 4) is 0 Å². The SMILES string of the molecule is CCCCBr.CCCCP(=O)(C(=O)c1ccc(C)cc1C)C(=O)c1c(C)cc(C)cc1C. The van der Waals surface area contributed by atoms with Gasteiger partial charge in [-0.3, -0.25) is 9.59 Å². The molecule has 3 nitrogen and oxygen atoms in total. The molecular formula is C27H38BrO3P. The molecule has 0 N–H and O–H groups in total. The van der Waals surface area contributed by atoms with Crippen LogP contribution >= 0.6 is 23.1 Å². The van der Waals surface area contributed by atoms with Crippen LogP contribution in [0.25, 0.3) is 0 Å². The van der Waals surface area contributed by atoms with Crippen molar-refractivity contribution < 1.29 is 14.2 Å². The van der Waals surface area contributed by atoms with Gasteiger partial charge in [0.15, 0.2) is 0 Å². The van der Waals surface area contributed by atoms with Gasteiger partial charge in [-0.1, -0.05) is 84.1 Å². The minimum Gasteiger partial charge on any atom is -0.307 e. The van der Waals surface area contributed by atoms with Crippen molar-refractivity contribution in [2.45, 2.75) is 74.1 Å². The quantitative estimate of drug-likeness (QED) is 0.245. The maximum Gasteiger partial charge on any atom is 0.229 e. The van der Waals surface area contributed by atoms with Crippen LogP contribution in [0, 0.1) is 34.6 Å². The number of unbranched alkanes of at least 4 members (excludes halogenated alkanes) is 2. The summed E-state index contributed by atoms with van der Waals surface area (Å²) in [4.78, 5) is 26.8. The molecular weight excluding hydrogens is 483 g/mol. The van der Waals surface area contributed by atoms with Crippen LogP contribution in [0.1, 0.15) is 88.1 Å². The molecule has 2 aromatic rings. The number of carbonyl (C=O) groups is 2. The Balaban J connectivity index is 0.000000920. The predicted octanol–water partition coefficient (Wildman–Crippen LogP) is 8.55. The summed E-state index contributed by atoms with van der Waals surface area (Å²) in [6, 6.07) is 9.24. The first-order valence-corrected chi connectivity index (χ1v) is 14.4. The van der Waals surface area contributed by atoms with Crippen molar-refractivity contribution >= 4 is 34.1 Å². The van der Waals surface area contributed by atoms with Crippen LogP contribution in [0.4, 0.5) is 0 Å². The highest BCUT2D eigenvalue weighted by atomic mass is 79.9. The number of alkyl halides is 1. The molecule has 0 aliphatic heterocycles. The van der Waals surface area contributed by atoms with Crippen molar-refractivity contribution in [1.29, 1.82) is 0 Å².